The molecule has 0 aromatic heterocycles. The van der Waals surface area contributed by atoms with Crippen LogP contribution in [-0.2, 0) is 6.54 Å². The van der Waals surface area contributed by atoms with E-state index >= 15 is 0 Å². The SMILES string of the molecule is CCNC(=NCc1ccccc1OC)NCC(C)C. The third kappa shape index (κ3) is 5.64. The minimum absolute atomic E-state index is 0.593. The summed E-state index contributed by atoms with van der Waals surface area (Å²) in [5, 5.41) is 6.57. The van der Waals surface area contributed by atoms with Crippen LogP contribution in [0.1, 0.15) is 26.3 Å². The molecule has 0 aliphatic heterocycles. The first-order chi connectivity index (χ1) is 9.17. The zero-order valence-corrected chi connectivity index (χ0v) is 12.4. The van der Waals surface area contributed by atoms with Gasteiger partial charge in [-0.1, -0.05) is 32.0 Å². The van der Waals surface area contributed by atoms with Crippen molar-refractivity contribution in [1.82, 2.24) is 10.6 Å². The average Bonchev–Trinajstić information content (AvgIpc) is 2.42. The van der Waals surface area contributed by atoms with Crippen LogP contribution in [0.5, 0.6) is 5.75 Å². The molecule has 4 heteroatoms. The summed E-state index contributed by atoms with van der Waals surface area (Å²) in [5.74, 6) is 2.32. The van der Waals surface area contributed by atoms with Gasteiger partial charge in [-0.05, 0) is 18.9 Å². The van der Waals surface area contributed by atoms with E-state index in [1.165, 1.54) is 0 Å². The smallest absolute Gasteiger partial charge is 0.191 e. The summed E-state index contributed by atoms with van der Waals surface area (Å²) in [7, 11) is 1.69. The Morgan fingerprint density at radius 3 is 2.63 bits per heavy atom. The first kappa shape index (κ1) is 15.3. The van der Waals surface area contributed by atoms with Crippen LogP contribution in [0, 0.1) is 5.92 Å². The van der Waals surface area contributed by atoms with Crippen molar-refractivity contribution in [2.75, 3.05) is 20.2 Å². The second kappa shape index (κ2) is 8.40. The third-order valence-electron chi connectivity index (χ3n) is 2.62. The Morgan fingerprint density at radius 1 is 1.26 bits per heavy atom. The van der Waals surface area contributed by atoms with Crippen molar-refractivity contribution < 1.29 is 4.74 Å². The minimum Gasteiger partial charge on any atom is -0.496 e. The lowest BCUT2D eigenvalue weighted by molar-refractivity contribution is 0.410. The van der Waals surface area contributed by atoms with Gasteiger partial charge in [-0.15, -0.1) is 0 Å². The molecule has 0 aliphatic rings. The molecule has 4 nitrogen and oxygen atoms in total. The zero-order chi connectivity index (χ0) is 14.1. The van der Waals surface area contributed by atoms with Crippen LogP contribution >= 0.6 is 0 Å². The highest BCUT2D eigenvalue weighted by atomic mass is 16.5. The summed E-state index contributed by atoms with van der Waals surface area (Å²) in [6.07, 6.45) is 0. The lowest BCUT2D eigenvalue weighted by atomic mass is 10.2. The van der Waals surface area contributed by atoms with Gasteiger partial charge in [-0.2, -0.15) is 0 Å². The summed E-state index contributed by atoms with van der Waals surface area (Å²) < 4.78 is 5.33. The molecule has 0 saturated carbocycles. The molecule has 0 fully saturated rings. The molecule has 0 aliphatic carbocycles. The fourth-order valence-corrected chi connectivity index (χ4v) is 1.64. The largest absolute Gasteiger partial charge is 0.496 e. The summed E-state index contributed by atoms with van der Waals surface area (Å²) >= 11 is 0. The van der Waals surface area contributed by atoms with E-state index in [0.29, 0.717) is 12.5 Å². The maximum atomic E-state index is 5.33. The summed E-state index contributed by atoms with van der Waals surface area (Å²) in [6.45, 7) is 8.80. The van der Waals surface area contributed by atoms with Gasteiger partial charge in [0.2, 0.25) is 0 Å². The summed E-state index contributed by atoms with van der Waals surface area (Å²) in [5.41, 5.74) is 1.09. The number of ether oxygens (including phenoxy) is 1. The first-order valence-corrected chi connectivity index (χ1v) is 6.81. The highest BCUT2D eigenvalue weighted by Gasteiger charge is 2.02. The molecule has 19 heavy (non-hydrogen) atoms. The molecule has 2 N–H and O–H groups in total. The van der Waals surface area contributed by atoms with Gasteiger partial charge >= 0.3 is 0 Å². The van der Waals surface area contributed by atoms with Gasteiger partial charge in [0, 0.05) is 18.7 Å². The predicted octanol–water partition coefficient (Wildman–Crippen LogP) is 2.41. The van der Waals surface area contributed by atoms with E-state index in [1.807, 2.05) is 24.3 Å². The molecule has 0 saturated heterocycles. The highest BCUT2D eigenvalue weighted by Crippen LogP contribution is 2.17. The number of nitrogens with zero attached hydrogens (tertiary/aromatic N) is 1. The van der Waals surface area contributed by atoms with E-state index in [9.17, 15) is 0 Å². The van der Waals surface area contributed by atoms with Gasteiger partial charge in [0.15, 0.2) is 5.96 Å². The first-order valence-electron chi connectivity index (χ1n) is 6.81. The number of nitrogens with one attached hydrogen (secondary N) is 2. The van der Waals surface area contributed by atoms with Crippen molar-refractivity contribution >= 4 is 5.96 Å². The van der Waals surface area contributed by atoms with Crippen LogP contribution in [0.25, 0.3) is 0 Å². The van der Waals surface area contributed by atoms with Crippen LogP contribution < -0.4 is 15.4 Å². The molecule has 1 rings (SSSR count). The van der Waals surface area contributed by atoms with E-state index in [2.05, 4.69) is 36.4 Å². The normalized spacial score (nSPS) is 11.5. The van der Waals surface area contributed by atoms with E-state index in [-0.39, 0.29) is 0 Å². The number of methoxy groups -OCH3 is 1. The van der Waals surface area contributed by atoms with E-state index < -0.39 is 0 Å². The Hall–Kier alpha value is -1.71. The lowest BCUT2D eigenvalue weighted by Gasteiger charge is -2.13. The fraction of sp³-hybridized carbons (Fsp3) is 0.533. The number of hydrogen-bond acceptors (Lipinski definition) is 2. The lowest BCUT2D eigenvalue weighted by Crippen LogP contribution is -2.39. The van der Waals surface area contributed by atoms with Crippen LogP contribution in [-0.4, -0.2) is 26.2 Å². The predicted molar refractivity (Wildman–Crippen MR) is 80.7 cm³/mol. The Labute approximate surface area is 116 Å². The van der Waals surface area contributed by atoms with Crippen LogP contribution in [0.2, 0.25) is 0 Å². The highest BCUT2D eigenvalue weighted by molar-refractivity contribution is 5.79. The number of benzene rings is 1. The molecule has 0 atom stereocenters. The van der Waals surface area contributed by atoms with Crippen LogP contribution in [0.3, 0.4) is 0 Å². The van der Waals surface area contributed by atoms with Crippen molar-refractivity contribution in [2.45, 2.75) is 27.3 Å². The zero-order valence-electron chi connectivity index (χ0n) is 12.4. The quantitative estimate of drug-likeness (QED) is 0.612. The van der Waals surface area contributed by atoms with Crippen LogP contribution in [0.15, 0.2) is 29.3 Å². The number of hydrogen-bond donors (Lipinski definition) is 2. The van der Waals surface area contributed by atoms with E-state index in [4.69, 9.17) is 4.74 Å². The Morgan fingerprint density at radius 2 is 2.00 bits per heavy atom. The molecular formula is C15H25N3O. The van der Waals surface area contributed by atoms with Crippen LogP contribution in [0.4, 0.5) is 0 Å². The topological polar surface area (TPSA) is 45.7 Å². The minimum atomic E-state index is 0.593. The average molecular weight is 263 g/mol. The Bertz CT molecular complexity index is 402. The number of guanidine groups is 1. The summed E-state index contributed by atoms with van der Waals surface area (Å²) in [4.78, 5) is 4.58. The molecule has 1 aromatic carbocycles. The van der Waals surface area contributed by atoms with Crippen molar-refractivity contribution in [2.24, 2.45) is 10.9 Å². The molecule has 0 radical (unpaired) electrons. The number of rotatable bonds is 6. The maximum Gasteiger partial charge on any atom is 0.191 e. The van der Waals surface area contributed by atoms with E-state index in [0.717, 1.165) is 30.4 Å². The van der Waals surface area contributed by atoms with E-state index in [1.54, 1.807) is 7.11 Å². The standard InChI is InChI=1S/C15H25N3O/c1-5-16-15(17-10-12(2)3)18-11-13-8-6-7-9-14(13)19-4/h6-9,12H,5,10-11H2,1-4H3,(H2,16,17,18). The van der Waals surface area contributed by atoms with Gasteiger partial charge in [0.25, 0.3) is 0 Å². The van der Waals surface area contributed by atoms with Crippen molar-refractivity contribution in [3.63, 3.8) is 0 Å². The second-order valence-electron chi connectivity index (χ2n) is 4.78. The number of aliphatic imine (C=N–C) groups is 1. The molecule has 0 unspecified atom stereocenters. The molecule has 0 heterocycles. The third-order valence-corrected chi connectivity index (χ3v) is 2.62. The van der Waals surface area contributed by atoms with Crippen molar-refractivity contribution in [3.05, 3.63) is 29.8 Å². The number of para-hydroxylation sites is 1. The molecule has 0 amide bonds. The summed E-state index contributed by atoms with van der Waals surface area (Å²) in [6, 6.07) is 7.96. The molecule has 0 spiro atoms. The Balaban J connectivity index is 2.68. The monoisotopic (exact) mass is 263 g/mol. The van der Waals surface area contributed by atoms with Crippen molar-refractivity contribution in [1.29, 1.82) is 0 Å². The molecule has 1 aromatic rings. The van der Waals surface area contributed by atoms with Gasteiger partial charge in [-0.3, -0.25) is 0 Å². The Kier molecular flexibility index (Phi) is 6.79. The molecule has 0 bridgehead atoms. The van der Waals surface area contributed by atoms with Crippen molar-refractivity contribution in [3.8, 4) is 5.75 Å². The van der Waals surface area contributed by atoms with Gasteiger partial charge in [0.05, 0.1) is 13.7 Å². The van der Waals surface area contributed by atoms with Gasteiger partial charge in [-0.25, -0.2) is 4.99 Å². The molecule has 106 valence electrons. The van der Waals surface area contributed by atoms with Gasteiger partial charge in [0.1, 0.15) is 5.75 Å². The maximum absolute atomic E-state index is 5.33. The molecular weight excluding hydrogens is 238 g/mol. The fourth-order valence-electron chi connectivity index (χ4n) is 1.64. The van der Waals surface area contributed by atoms with Gasteiger partial charge < -0.3 is 15.4 Å². The second-order valence-corrected chi connectivity index (χ2v) is 4.78.